The molecule has 0 aromatic heterocycles. The van der Waals surface area contributed by atoms with Crippen molar-refractivity contribution < 1.29 is 4.79 Å². The van der Waals surface area contributed by atoms with Gasteiger partial charge in [-0.05, 0) is 32.1 Å². The van der Waals surface area contributed by atoms with E-state index in [2.05, 4.69) is 23.5 Å². The number of amidine groups is 1. The normalized spacial score (nSPS) is 29.7. The van der Waals surface area contributed by atoms with Gasteiger partial charge in [-0.1, -0.05) is 25.0 Å². The van der Waals surface area contributed by atoms with Gasteiger partial charge in [-0.3, -0.25) is 4.79 Å². The maximum Gasteiger partial charge on any atom is 0.258 e. The summed E-state index contributed by atoms with van der Waals surface area (Å²) in [5, 5.41) is 3.92. The summed E-state index contributed by atoms with van der Waals surface area (Å²) in [5.41, 5.74) is 9.02. The van der Waals surface area contributed by atoms with Gasteiger partial charge in [-0.2, -0.15) is 5.10 Å². The van der Waals surface area contributed by atoms with Crippen molar-refractivity contribution in [3.63, 3.8) is 0 Å². The van der Waals surface area contributed by atoms with Gasteiger partial charge >= 0.3 is 0 Å². The molecule has 1 aliphatic heterocycles. The summed E-state index contributed by atoms with van der Waals surface area (Å²) in [6.45, 7) is 2.07. The topological polar surface area (TPSA) is 67.5 Å². The number of hydrogen-bond acceptors (Lipinski definition) is 3. The Labute approximate surface area is 96.0 Å². The van der Waals surface area contributed by atoms with Gasteiger partial charge in [0, 0.05) is 0 Å². The van der Waals surface area contributed by atoms with E-state index in [1.165, 1.54) is 12.0 Å². The maximum atomic E-state index is 12.0. The van der Waals surface area contributed by atoms with Crippen LogP contribution in [0.15, 0.2) is 16.8 Å². The van der Waals surface area contributed by atoms with Crippen LogP contribution in [-0.2, 0) is 4.79 Å². The molecule has 0 saturated heterocycles. The quantitative estimate of drug-likeness (QED) is 0.712. The number of allylic oxidation sites excluding steroid dienone is 1. The van der Waals surface area contributed by atoms with Gasteiger partial charge in [0.2, 0.25) is 0 Å². The average Bonchev–Trinajstić information content (AvgIpc) is 2.60. The highest BCUT2D eigenvalue weighted by atomic mass is 16.2. The van der Waals surface area contributed by atoms with Crippen molar-refractivity contribution in [2.24, 2.45) is 16.3 Å². The van der Waals surface area contributed by atoms with Crippen LogP contribution in [0, 0.1) is 5.41 Å². The molecule has 1 atom stereocenters. The molecule has 1 aliphatic carbocycles. The van der Waals surface area contributed by atoms with E-state index in [0.29, 0.717) is 5.84 Å². The van der Waals surface area contributed by atoms with Crippen LogP contribution in [0.25, 0.3) is 0 Å². The highest BCUT2D eigenvalue weighted by Crippen LogP contribution is 2.40. The van der Waals surface area contributed by atoms with Gasteiger partial charge in [0.15, 0.2) is 0 Å². The molecule has 0 radical (unpaired) electrons. The molecule has 0 spiro atoms. The third kappa shape index (κ3) is 1.52. The number of amides is 1. The number of nitrogens with two attached hydrogens (primary N) is 1. The molecular formula is C12H19N3O. The molecule has 2 aliphatic rings. The molecule has 0 aromatic rings. The maximum absolute atomic E-state index is 12.0. The first-order chi connectivity index (χ1) is 7.71. The van der Waals surface area contributed by atoms with Crippen molar-refractivity contribution in [3.8, 4) is 0 Å². The molecule has 88 valence electrons. The van der Waals surface area contributed by atoms with Gasteiger partial charge in [-0.25, -0.2) is 5.43 Å². The van der Waals surface area contributed by atoms with E-state index in [4.69, 9.17) is 5.73 Å². The molecule has 0 fully saturated rings. The van der Waals surface area contributed by atoms with Crippen LogP contribution in [0.1, 0.15) is 45.4 Å². The number of rotatable bonds is 3. The SMILES string of the molecule is CCCC1(C2=CCCCC2)C(=O)NN=C1N. The largest absolute Gasteiger partial charge is 0.385 e. The van der Waals surface area contributed by atoms with Gasteiger partial charge in [0.05, 0.1) is 0 Å². The number of carbonyl (C=O) groups excluding carboxylic acids is 1. The van der Waals surface area contributed by atoms with E-state index in [1.807, 2.05) is 0 Å². The predicted octanol–water partition coefficient (Wildman–Crippen LogP) is 1.68. The second-order valence-electron chi connectivity index (χ2n) is 4.57. The van der Waals surface area contributed by atoms with Crippen LogP contribution < -0.4 is 11.2 Å². The lowest BCUT2D eigenvalue weighted by atomic mass is 9.71. The molecule has 4 heteroatoms. The van der Waals surface area contributed by atoms with Crippen LogP contribution in [0.2, 0.25) is 0 Å². The Morgan fingerprint density at radius 2 is 2.38 bits per heavy atom. The lowest BCUT2D eigenvalue weighted by Gasteiger charge is -2.30. The summed E-state index contributed by atoms with van der Waals surface area (Å²) in [4.78, 5) is 12.0. The molecule has 0 bridgehead atoms. The van der Waals surface area contributed by atoms with Crippen LogP contribution in [0.5, 0.6) is 0 Å². The van der Waals surface area contributed by atoms with Gasteiger partial charge < -0.3 is 5.73 Å². The minimum atomic E-state index is -0.630. The predicted molar refractivity (Wildman–Crippen MR) is 63.7 cm³/mol. The lowest BCUT2D eigenvalue weighted by molar-refractivity contribution is -0.125. The van der Waals surface area contributed by atoms with Crippen LogP contribution in [0.4, 0.5) is 0 Å². The number of nitrogens with zero attached hydrogens (tertiary/aromatic N) is 1. The first-order valence-electron chi connectivity index (χ1n) is 6.05. The van der Waals surface area contributed by atoms with Crippen molar-refractivity contribution >= 4 is 11.7 Å². The molecule has 0 aromatic carbocycles. The molecule has 1 heterocycles. The monoisotopic (exact) mass is 221 g/mol. The molecule has 4 nitrogen and oxygen atoms in total. The Bertz CT molecular complexity index is 359. The van der Waals surface area contributed by atoms with Crippen LogP contribution in [-0.4, -0.2) is 11.7 Å². The van der Waals surface area contributed by atoms with Crippen molar-refractivity contribution in [2.75, 3.05) is 0 Å². The van der Waals surface area contributed by atoms with E-state index >= 15 is 0 Å². The number of carbonyl (C=O) groups is 1. The Morgan fingerprint density at radius 1 is 1.56 bits per heavy atom. The second-order valence-corrected chi connectivity index (χ2v) is 4.57. The third-order valence-electron chi connectivity index (χ3n) is 3.57. The van der Waals surface area contributed by atoms with Crippen molar-refractivity contribution in [1.82, 2.24) is 5.43 Å². The summed E-state index contributed by atoms with van der Waals surface area (Å²) in [6.07, 6.45) is 8.28. The zero-order chi connectivity index (χ0) is 11.6. The second kappa shape index (κ2) is 4.28. The van der Waals surface area contributed by atoms with Crippen molar-refractivity contribution in [1.29, 1.82) is 0 Å². The molecule has 1 amide bonds. The zero-order valence-corrected chi connectivity index (χ0v) is 9.75. The number of nitrogens with one attached hydrogen (secondary N) is 1. The minimum Gasteiger partial charge on any atom is -0.385 e. The molecule has 1 unspecified atom stereocenters. The summed E-state index contributed by atoms with van der Waals surface area (Å²) in [5.74, 6) is 0.410. The molecule has 3 N–H and O–H groups in total. The first kappa shape index (κ1) is 11.2. The smallest absolute Gasteiger partial charge is 0.258 e. The summed E-state index contributed by atoms with van der Waals surface area (Å²) in [7, 11) is 0. The Morgan fingerprint density at radius 3 is 2.88 bits per heavy atom. The van der Waals surface area contributed by atoms with E-state index in [0.717, 1.165) is 32.1 Å². The van der Waals surface area contributed by atoms with Gasteiger partial charge in [-0.15, -0.1) is 0 Å². The molecule has 2 rings (SSSR count). The molecule has 16 heavy (non-hydrogen) atoms. The minimum absolute atomic E-state index is 0.0417. The van der Waals surface area contributed by atoms with Gasteiger partial charge in [0.25, 0.3) is 5.91 Å². The fraction of sp³-hybridized carbons (Fsp3) is 0.667. The van der Waals surface area contributed by atoms with Crippen molar-refractivity contribution in [2.45, 2.75) is 45.4 Å². The number of hydrogen-bond donors (Lipinski definition) is 2. The lowest BCUT2D eigenvalue weighted by Crippen LogP contribution is -2.44. The van der Waals surface area contributed by atoms with E-state index < -0.39 is 5.41 Å². The average molecular weight is 221 g/mol. The van der Waals surface area contributed by atoms with E-state index in [1.54, 1.807) is 0 Å². The summed E-state index contributed by atoms with van der Waals surface area (Å²) in [6, 6.07) is 0. The first-order valence-corrected chi connectivity index (χ1v) is 6.05. The highest BCUT2D eigenvalue weighted by Gasteiger charge is 2.48. The standard InChI is InChI=1S/C12H19N3O/c1-2-8-12(9-6-4-3-5-7-9)10(13)14-15-11(12)16/h6H,2-5,7-8H2,1H3,(H2,13,14)(H,15,16). The summed E-state index contributed by atoms with van der Waals surface area (Å²) < 4.78 is 0. The number of hydrazone groups is 1. The Balaban J connectivity index is 2.38. The Hall–Kier alpha value is -1.32. The molecular weight excluding hydrogens is 202 g/mol. The van der Waals surface area contributed by atoms with Gasteiger partial charge in [0.1, 0.15) is 11.3 Å². The van der Waals surface area contributed by atoms with Crippen molar-refractivity contribution in [3.05, 3.63) is 11.6 Å². The Kier molecular flexibility index (Phi) is 2.99. The summed E-state index contributed by atoms with van der Waals surface area (Å²) >= 11 is 0. The fourth-order valence-electron chi connectivity index (χ4n) is 2.73. The molecule has 0 saturated carbocycles. The fourth-order valence-corrected chi connectivity index (χ4v) is 2.73. The highest BCUT2D eigenvalue weighted by molar-refractivity contribution is 6.13. The zero-order valence-electron chi connectivity index (χ0n) is 9.75. The van der Waals surface area contributed by atoms with E-state index in [9.17, 15) is 4.79 Å². The van der Waals surface area contributed by atoms with E-state index in [-0.39, 0.29) is 5.91 Å². The van der Waals surface area contributed by atoms with Crippen LogP contribution >= 0.6 is 0 Å². The van der Waals surface area contributed by atoms with Crippen LogP contribution in [0.3, 0.4) is 0 Å². The third-order valence-corrected chi connectivity index (χ3v) is 3.57.